The normalized spacial score (nSPS) is 16.2. The second kappa shape index (κ2) is 3.01. The Morgan fingerprint density at radius 3 is 2.92 bits per heavy atom. The topological polar surface area (TPSA) is 50.5 Å². The summed E-state index contributed by atoms with van der Waals surface area (Å²) in [5.74, 6) is 0. The third-order valence-corrected chi connectivity index (χ3v) is 2.19. The molecule has 0 fully saturated rings. The molecule has 5 nitrogen and oxygen atoms in total. The van der Waals surface area contributed by atoms with Gasteiger partial charge in [0.2, 0.25) is 0 Å². The van der Waals surface area contributed by atoms with Crippen molar-refractivity contribution in [2.24, 2.45) is 7.05 Å². The Morgan fingerprint density at radius 1 is 1.54 bits per heavy atom. The predicted octanol–water partition coefficient (Wildman–Crippen LogP) is 0.524. The standard InChI is InChI=1S/C8H13N3O2/c1-3-13-8-9-6-4-11(12)5-7(6)10(8)2/h12H,3-5H2,1-2H3. The number of rotatable bonds is 2. The predicted molar refractivity (Wildman–Crippen MR) is 45.4 cm³/mol. The maximum atomic E-state index is 9.22. The number of hydroxylamine groups is 2. The molecule has 5 heteroatoms. The van der Waals surface area contributed by atoms with E-state index in [1.807, 2.05) is 18.5 Å². The van der Waals surface area contributed by atoms with Crippen molar-refractivity contribution in [3.63, 3.8) is 0 Å². The smallest absolute Gasteiger partial charge is 0.296 e. The number of fused-ring (bicyclic) bond motifs is 1. The number of nitrogens with zero attached hydrogens (tertiary/aromatic N) is 3. The lowest BCUT2D eigenvalue weighted by Gasteiger charge is -2.07. The van der Waals surface area contributed by atoms with Crippen molar-refractivity contribution in [1.29, 1.82) is 0 Å². The number of imidazole rings is 1. The van der Waals surface area contributed by atoms with E-state index < -0.39 is 0 Å². The van der Waals surface area contributed by atoms with E-state index in [4.69, 9.17) is 4.74 Å². The number of ether oxygens (including phenoxy) is 1. The van der Waals surface area contributed by atoms with Gasteiger partial charge in [0.1, 0.15) is 0 Å². The van der Waals surface area contributed by atoms with Crippen LogP contribution in [0.5, 0.6) is 6.01 Å². The van der Waals surface area contributed by atoms with Crippen LogP contribution < -0.4 is 4.74 Å². The van der Waals surface area contributed by atoms with Gasteiger partial charge in [-0.1, -0.05) is 0 Å². The molecule has 0 bridgehead atoms. The molecule has 1 aliphatic heterocycles. The van der Waals surface area contributed by atoms with Crippen molar-refractivity contribution < 1.29 is 9.94 Å². The number of aromatic nitrogens is 2. The van der Waals surface area contributed by atoms with E-state index >= 15 is 0 Å². The Kier molecular flexibility index (Phi) is 1.97. The summed E-state index contributed by atoms with van der Waals surface area (Å²) in [6, 6.07) is 0.639. The molecule has 72 valence electrons. The van der Waals surface area contributed by atoms with Crippen LogP contribution in [0.2, 0.25) is 0 Å². The van der Waals surface area contributed by atoms with Crippen molar-refractivity contribution in [2.45, 2.75) is 20.0 Å². The Hall–Kier alpha value is -1.07. The van der Waals surface area contributed by atoms with Gasteiger partial charge >= 0.3 is 0 Å². The first-order chi connectivity index (χ1) is 6.22. The average molecular weight is 183 g/mol. The second-order valence-electron chi connectivity index (χ2n) is 3.10. The largest absolute Gasteiger partial charge is 0.465 e. The monoisotopic (exact) mass is 183 g/mol. The maximum absolute atomic E-state index is 9.22. The highest BCUT2D eigenvalue weighted by molar-refractivity contribution is 5.22. The molecule has 0 atom stereocenters. The molecular formula is C8H13N3O2. The van der Waals surface area contributed by atoms with Crippen LogP contribution in [0.3, 0.4) is 0 Å². The lowest BCUT2D eigenvalue weighted by atomic mass is 10.4. The molecule has 0 radical (unpaired) electrons. The van der Waals surface area contributed by atoms with Gasteiger partial charge in [0, 0.05) is 7.05 Å². The van der Waals surface area contributed by atoms with Gasteiger partial charge in [-0.05, 0) is 6.92 Å². The quantitative estimate of drug-likeness (QED) is 0.726. The first-order valence-electron chi connectivity index (χ1n) is 4.33. The van der Waals surface area contributed by atoms with Crippen molar-refractivity contribution in [3.05, 3.63) is 11.4 Å². The van der Waals surface area contributed by atoms with Crippen LogP contribution in [0.15, 0.2) is 0 Å². The molecule has 0 aromatic carbocycles. The van der Waals surface area contributed by atoms with Crippen LogP contribution in [0.1, 0.15) is 18.3 Å². The Labute approximate surface area is 76.5 Å². The summed E-state index contributed by atoms with van der Waals surface area (Å²) in [6.07, 6.45) is 0. The van der Waals surface area contributed by atoms with Crippen LogP contribution in [0, 0.1) is 0 Å². The third kappa shape index (κ3) is 1.30. The van der Waals surface area contributed by atoms with Crippen LogP contribution in [-0.4, -0.2) is 26.4 Å². The van der Waals surface area contributed by atoms with E-state index in [1.54, 1.807) is 0 Å². The zero-order valence-corrected chi connectivity index (χ0v) is 7.82. The van der Waals surface area contributed by atoms with Gasteiger partial charge in [0.25, 0.3) is 6.01 Å². The summed E-state index contributed by atoms with van der Waals surface area (Å²) in [4.78, 5) is 4.27. The van der Waals surface area contributed by atoms with Gasteiger partial charge in [0.05, 0.1) is 31.1 Å². The molecule has 1 aromatic rings. The Balaban J connectivity index is 2.30. The van der Waals surface area contributed by atoms with E-state index in [2.05, 4.69) is 4.98 Å². The summed E-state index contributed by atoms with van der Waals surface area (Å²) in [6.45, 7) is 3.58. The highest BCUT2D eigenvalue weighted by Gasteiger charge is 2.24. The van der Waals surface area contributed by atoms with Crippen LogP contribution >= 0.6 is 0 Å². The minimum atomic E-state index is 0.496. The third-order valence-electron chi connectivity index (χ3n) is 2.19. The molecule has 0 amide bonds. The first-order valence-corrected chi connectivity index (χ1v) is 4.33. The van der Waals surface area contributed by atoms with E-state index in [9.17, 15) is 5.21 Å². The molecule has 0 aliphatic carbocycles. The lowest BCUT2D eigenvalue weighted by molar-refractivity contribution is -0.0986. The van der Waals surface area contributed by atoms with Gasteiger partial charge in [-0.2, -0.15) is 10.0 Å². The number of hydrogen-bond donors (Lipinski definition) is 1. The van der Waals surface area contributed by atoms with E-state index in [-0.39, 0.29) is 0 Å². The molecule has 13 heavy (non-hydrogen) atoms. The van der Waals surface area contributed by atoms with Crippen molar-refractivity contribution in [3.8, 4) is 6.01 Å². The van der Waals surface area contributed by atoms with Crippen LogP contribution in [-0.2, 0) is 20.1 Å². The zero-order chi connectivity index (χ0) is 9.42. The molecule has 0 saturated carbocycles. The molecular weight excluding hydrogens is 170 g/mol. The van der Waals surface area contributed by atoms with Gasteiger partial charge in [0.15, 0.2) is 0 Å². The summed E-state index contributed by atoms with van der Waals surface area (Å²) >= 11 is 0. The zero-order valence-electron chi connectivity index (χ0n) is 7.82. The summed E-state index contributed by atoms with van der Waals surface area (Å²) in [5, 5.41) is 10.5. The fourth-order valence-corrected chi connectivity index (χ4v) is 1.55. The molecule has 0 saturated heterocycles. The molecule has 0 unspecified atom stereocenters. The van der Waals surface area contributed by atoms with E-state index in [0.29, 0.717) is 25.7 Å². The average Bonchev–Trinajstić information content (AvgIpc) is 2.54. The van der Waals surface area contributed by atoms with Crippen molar-refractivity contribution in [1.82, 2.24) is 14.6 Å². The molecule has 2 heterocycles. The van der Waals surface area contributed by atoms with Gasteiger partial charge < -0.3 is 9.94 Å². The fraction of sp³-hybridized carbons (Fsp3) is 0.625. The fourth-order valence-electron chi connectivity index (χ4n) is 1.55. The van der Waals surface area contributed by atoms with Gasteiger partial charge in [-0.15, -0.1) is 0 Å². The summed E-state index contributed by atoms with van der Waals surface area (Å²) < 4.78 is 7.20. The van der Waals surface area contributed by atoms with Gasteiger partial charge in [-0.25, -0.2) is 0 Å². The summed E-state index contributed by atoms with van der Waals surface area (Å²) in [5.41, 5.74) is 1.94. The lowest BCUT2D eigenvalue weighted by Crippen LogP contribution is -2.12. The molecule has 2 rings (SSSR count). The minimum Gasteiger partial charge on any atom is -0.465 e. The Bertz CT molecular complexity index is 321. The molecule has 1 N–H and O–H groups in total. The maximum Gasteiger partial charge on any atom is 0.296 e. The second-order valence-corrected chi connectivity index (χ2v) is 3.10. The highest BCUT2D eigenvalue weighted by atomic mass is 16.5. The SMILES string of the molecule is CCOc1nc2c(n1C)CN(O)C2. The first kappa shape index (κ1) is 8.52. The van der Waals surface area contributed by atoms with E-state index in [0.717, 1.165) is 11.4 Å². The molecule has 1 aromatic heterocycles. The Morgan fingerprint density at radius 2 is 2.31 bits per heavy atom. The van der Waals surface area contributed by atoms with Crippen molar-refractivity contribution >= 4 is 0 Å². The van der Waals surface area contributed by atoms with Crippen molar-refractivity contribution in [2.75, 3.05) is 6.61 Å². The number of hydrogen-bond acceptors (Lipinski definition) is 4. The summed E-state index contributed by atoms with van der Waals surface area (Å²) in [7, 11) is 1.90. The van der Waals surface area contributed by atoms with Crippen LogP contribution in [0.4, 0.5) is 0 Å². The molecule has 1 aliphatic rings. The van der Waals surface area contributed by atoms with Crippen LogP contribution in [0.25, 0.3) is 0 Å². The van der Waals surface area contributed by atoms with E-state index in [1.165, 1.54) is 5.06 Å². The highest BCUT2D eigenvalue weighted by Crippen LogP contribution is 2.24. The molecule has 0 spiro atoms. The minimum absolute atomic E-state index is 0.496. The van der Waals surface area contributed by atoms with Gasteiger partial charge in [-0.3, -0.25) is 4.57 Å².